The Morgan fingerprint density at radius 3 is 2.65 bits per heavy atom. The molecule has 2 unspecified atom stereocenters. The normalized spacial score (nSPS) is 17.9. The van der Waals surface area contributed by atoms with Gasteiger partial charge >= 0.3 is 0 Å². The first-order valence-electron chi connectivity index (χ1n) is 7.22. The van der Waals surface area contributed by atoms with Crippen molar-refractivity contribution >= 4 is 5.91 Å². The van der Waals surface area contributed by atoms with Crippen LogP contribution in [0.15, 0.2) is 18.3 Å². The molecule has 1 aliphatic rings. The highest BCUT2D eigenvalue weighted by Crippen LogP contribution is 2.15. The van der Waals surface area contributed by atoms with E-state index in [1.807, 2.05) is 24.0 Å². The summed E-state index contributed by atoms with van der Waals surface area (Å²) in [4.78, 5) is 18.3. The van der Waals surface area contributed by atoms with Crippen molar-refractivity contribution in [3.8, 4) is 5.75 Å². The molecule has 0 bridgehead atoms. The van der Waals surface area contributed by atoms with E-state index in [4.69, 9.17) is 10.5 Å². The number of hydrogen-bond acceptors (Lipinski definition) is 4. The molecule has 2 N–H and O–H groups in total. The van der Waals surface area contributed by atoms with Crippen molar-refractivity contribution in [3.63, 3.8) is 0 Å². The molecule has 5 nitrogen and oxygen atoms in total. The Morgan fingerprint density at radius 1 is 1.40 bits per heavy atom. The Labute approximate surface area is 120 Å². The molecule has 0 aromatic carbocycles. The number of rotatable bonds is 5. The van der Waals surface area contributed by atoms with E-state index in [1.165, 1.54) is 0 Å². The van der Waals surface area contributed by atoms with Crippen LogP contribution in [0.5, 0.6) is 5.75 Å². The third-order valence-corrected chi connectivity index (χ3v) is 3.41. The summed E-state index contributed by atoms with van der Waals surface area (Å²) in [6.07, 6.45) is 4.11. The van der Waals surface area contributed by atoms with Gasteiger partial charge < -0.3 is 15.4 Å². The van der Waals surface area contributed by atoms with E-state index in [2.05, 4.69) is 4.98 Å². The number of pyridine rings is 1. The minimum absolute atomic E-state index is 0.0576. The molecule has 0 aliphatic carbocycles. The first kappa shape index (κ1) is 14.8. The zero-order valence-corrected chi connectivity index (χ0v) is 12.2. The van der Waals surface area contributed by atoms with Gasteiger partial charge in [0, 0.05) is 31.2 Å². The molecule has 1 fully saturated rings. The second-order valence-corrected chi connectivity index (χ2v) is 5.46. The molecular weight excluding hydrogens is 254 g/mol. The van der Waals surface area contributed by atoms with Crippen molar-refractivity contribution in [3.05, 3.63) is 24.0 Å². The van der Waals surface area contributed by atoms with Gasteiger partial charge in [-0.3, -0.25) is 9.78 Å². The van der Waals surface area contributed by atoms with E-state index in [1.54, 1.807) is 13.1 Å². The number of carbonyl (C=O) groups excluding carboxylic acids is 1. The van der Waals surface area contributed by atoms with E-state index in [0.29, 0.717) is 5.75 Å². The standard InChI is InChI=1S/C15H23N3O2/c1-11(16)9-13-5-6-14(10-17-13)20-12(2)15(19)18-7-3-4-8-18/h5-6,10-12H,3-4,7-9,16H2,1-2H3. The molecular formula is C15H23N3O2. The molecule has 110 valence electrons. The summed E-state index contributed by atoms with van der Waals surface area (Å²) in [5, 5.41) is 0. The molecule has 2 rings (SSSR count). The van der Waals surface area contributed by atoms with Crippen LogP contribution in [-0.4, -0.2) is 41.0 Å². The van der Waals surface area contributed by atoms with E-state index in [9.17, 15) is 4.79 Å². The molecule has 0 radical (unpaired) electrons. The first-order chi connectivity index (χ1) is 9.56. The summed E-state index contributed by atoms with van der Waals surface area (Å²) in [6.45, 7) is 5.43. The van der Waals surface area contributed by atoms with Crippen LogP contribution in [0.1, 0.15) is 32.4 Å². The van der Waals surface area contributed by atoms with Gasteiger partial charge in [0.2, 0.25) is 0 Å². The van der Waals surface area contributed by atoms with Gasteiger partial charge in [-0.1, -0.05) is 0 Å². The lowest BCUT2D eigenvalue weighted by Crippen LogP contribution is -2.38. The molecule has 2 atom stereocenters. The molecule has 1 aromatic rings. The number of ether oxygens (including phenoxy) is 1. The Balaban J connectivity index is 1.90. The van der Waals surface area contributed by atoms with Crippen molar-refractivity contribution in [1.82, 2.24) is 9.88 Å². The lowest BCUT2D eigenvalue weighted by molar-refractivity contribution is -0.136. The van der Waals surface area contributed by atoms with Crippen molar-refractivity contribution in [2.45, 2.75) is 45.3 Å². The Morgan fingerprint density at radius 2 is 2.10 bits per heavy atom. The third kappa shape index (κ3) is 3.93. The van der Waals surface area contributed by atoms with Gasteiger partial charge in [-0.25, -0.2) is 0 Å². The maximum Gasteiger partial charge on any atom is 0.263 e. The van der Waals surface area contributed by atoms with E-state index in [-0.39, 0.29) is 11.9 Å². The van der Waals surface area contributed by atoms with Crippen LogP contribution < -0.4 is 10.5 Å². The number of amides is 1. The second-order valence-electron chi connectivity index (χ2n) is 5.46. The summed E-state index contributed by atoms with van der Waals surface area (Å²) in [7, 11) is 0. The lowest BCUT2D eigenvalue weighted by atomic mass is 10.2. The van der Waals surface area contributed by atoms with Crippen LogP contribution in [0.4, 0.5) is 0 Å². The predicted molar refractivity (Wildman–Crippen MR) is 77.5 cm³/mol. The number of hydrogen-bond donors (Lipinski definition) is 1. The highest BCUT2D eigenvalue weighted by molar-refractivity contribution is 5.81. The SMILES string of the molecule is CC(N)Cc1ccc(OC(C)C(=O)N2CCCC2)cn1. The summed E-state index contributed by atoms with van der Waals surface area (Å²) >= 11 is 0. The van der Waals surface area contributed by atoms with Crippen LogP contribution in [0.25, 0.3) is 0 Å². The number of aromatic nitrogens is 1. The van der Waals surface area contributed by atoms with Gasteiger partial charge in [0.25, 0.3) is 5.91 Å². The molecule has 1 aliphatic heterocycles. The number of carbonyl (C=O) groups is 1. The zero-order chi connectivity index (χ0) is 14.5. The fraction of sp³-hybridized carbons (Fsp3) is 0.600. The molecule has 2 heterocycles. The Hall–Kier alpha value is -1.62. The molecule has 1 amide bonds. The fourth-order valence-corrected chi connectivity index (χ4v) is 2.38. The van der Waals surface area contributed by atoms with Crippen molar-refractivity contribution in [2.24, 2.45) is 5.73 Å². The second kappa shape index (κ2) is 6.70. The van der Waals surface area contributed by atoms with Gasteiger partial charge in [0.15, 0.2) is 6.10 Å². The molecule has 0 spiro atoms. The zero-order valence-electron chi connectivity index (χ0n) is 12.2. The van der Waals surface area contributed by atoms with Crippen LogP contribution in [0, 0.1) is 0 Å². The first-order valence-corrected chi connectivity index (χ1v) is 7.22. The van der Waals surface area contributed by atoms with Gasteiger partial charge in [-0.2, -0.15) is 0 Å². The predicted octanol–water partition coefficient (Wildman–Crippen LogP) is 1.36. The summed E-state index contributed by atoms with van der Waals surface area (Å²) < 4.78 is 5.66. The smallest absolute Gasteiger partial charge is 0.263 e. The largest absolute Gasteiger partial charge is 0.479 e. The van der Waals surface area contributed by atoms with Crippen LogP contribution >= 0.6 is 0 Å². The summed E-state index contributed by atoms with van der Waals surface area (Å²) in [6, 6.07) is 3.83. The third-order valence-electron chi connectivity index (χ3n) is 3.41. The van der Waals surface area contributed by atoms with Gasteiger partial charge in [-0.05, 0) is 38.8 Å². The van der Waals surface area contributed by atoms with Crippen molar-refractivity contribution in [2.75, 3.05) is 13.1 Å². The topological polar surface area (TPSA) is 68.5 Å². The number of likely N-dealkylation sites (tertiary alicyclic amines) is 1. The number of nitrogens with two attached hydrogens (primary N) is 1. The van der Waals surface area contributed by atoms with Crippen LogP contribution in [0.2, 0.25) is 0 Å². The maximum absolute atomic E-state index is 12.1. The van der Waals surface area contributed by atoms with Crippen molar-refractivity contribution in [1.29, 1.82) is 0 Å². The van der Waals surface area contributed by atoms with Crippen LogP contribution in [0.3, 0.4) is 0 Å². The maximum atomic E-state index is 12.1. The monoisotopic (exact) mass is 277 g/mol. The van der Waals surface area contributed by atoms with Gasteiger partial charge in [-0.15, -0.1) is 0 Å². The molecule has 1 aromatic heterocycles. The Kier molecular flexibility index (Phi) is 4.95. The lowest BCUT2D eigenvalue weighted by Gasteiger charge is -2.21. The molecule has 1 saturated heterocycles. The molecule has 0 saturated carbocycles. The van der Waals surface area contributed by atoms with Crippen LogP contribution in [-0.2, 0) is 11.2 Å². The van der Waals surface area contributed by atoms with Crippen molar-refractivity contribution < 1.29 is 9.53 Å². The van der Waals surface area contributed by atoms with Gasteiger partial charge in [0.05, 0.1) is 6.20 Å². The van der Waals surface area contributed by atoms with Gasteiger partial charge in [0.1, 0.15) is 5.75 Å². The van der Waals surface area contributed by atoms with E-state index < -0.39 is 6.10 Å². The minimum Gasteiger partial charge on any atom is -0.479 e. The summed E-state index contributed by atoms with van der Waals surface area (Å²) in [5.74, 6) is 0.681. The number of nitrogens with zero attached hydrogens (tertiary/aromatic N) is 2. The average molecular weight is 277 g/mol. The highest BCUT2D eigenvalue weighted by Gasteiger charge is 2.24. The summed E-state index contributed by atoms with van der Waals surface area (Å²) in [5.41, 5.74) is 6.67. The highest BCUT2D eigenvalue weighted by atomic mass is 16.5. The van der Waals surface area contributed by atoms with E-state index >= 15 is 0 Å². The average Bonchev–Trinajstić information content (AvgIpc) is 2.93. The quantitative estimate of drug-likeness (QED) is 0.882. The molecule has 20 heavy (non-hydrogen) atoms. The minimum atomic E-state index is -0.464. The molecule has 5 heteroatoms. The Bertz CT molecular complexity index is 439. The fourth-order valence-electron chi connectivity index (χ4n) is 2.38. The van der Waals surface area contributed by atoms with E-state index in [0.717, 1.165) is 38.0 Å².